The number of Topliss-reactive ketones (excluding diaryl/α,β-unsaturated/α-hetero) is 1. The first-order valence-corrected chi connectivity index (χ1v) is 11.9. The SMILES string of the molecule is Cc1c(F)cc(F)c(F)c1OCC(=O)[C@H](CC(=O)O)NC(=O)[C@H](C)NC(=O)c1ncc(-c2ccccc2)s1. The highest BCUT2D eigenvalue weighted by atomic mass is 32.1. The van der Waals surface area contributed by atoms with Crippen LogP contribution in [0.25, 0.3) is 10.4 Å². The van der Waals surface area contributed by atoms with Crippen molar-refractivity contribution in [1.29, 1.82) is 0 Å². The molecule has 2 atom stereocenters. The molecule has 0 fully saturated rings. The molecule has 200 valence electrons. The van der Waals surface area contributed by atoms with Crippen LogP contribution in [0.2, 0.25) is 0 Å². The third-order valence-corrected chi connectivity index (χ3v) is 6.35. The Morgan fingerprint density at radius 1 is 1.08 bits per heavy atom. The number of carbonyl (C=O) groups excluding carboxylic acids is 3. The van der Waals surface area contributed by atoms with Gasteiger partial charge in [0.1, 0.15) is 24.5 Å². The average Bonchev–Trinajstić information content (AvgIpc) is 3.38. The first kappa shape index (κ1) is 28.3. The Balaban J connectivity index is 1.63. The second-order valence-corrected chi connectivity index (χ2v) is 9.14. The molecule has 1 aromatic heterocycles. The third kappa shape index (κ3) is 6.94. The Hall–Kier alpha value is -4.26. The summed E-state index contributed by atoms with van der Waals surface area (Å²) in [6.45, 7) is 1.43. The first-order chi connectivity index (χ1) is 18.0. The van der Waals surface area contributed by atoms with Crippen LogP contribution in [-0.2, 0) is 14.4 Å². The molecule has 0 saturated heterocycles. The summed E-state index contributed by atoms with van der Waals surface area (Å²) in [6, 6.07) is 6.66. The summed E-state index contributed by atoms with van der Waals surface area (Å²) in [6.07, 6.45) is 0.650. The van der Waals surface area contributed by atoms with Crippen molar-refractivity contribution < 1.29 is 42.2 Å². The zero-order valence-electron chi connectivity index (χ0n) is 20.1. The van der Waals surface area contributed by atoms with Crippen LogP contribution in [0.15, 0.2) is 42.6 Å². The molecule has 3 aromatic rings. The number of hydrogen-bond acceptors (Lipinski definition) is 7. The van der Waals surface area contributed by atoms with Gasteiger partial charge in [0.05, 0.1) is 11.3 Å². The molecule has 0 aliphatic carbocycles. The number of aromatic nitrogens is 1. The highest BCUT2D eigenvalue weighted by Gasteiger charge is 2.28. The van der Waals surface area contributed by atoms with Gasteiger partial charge in [-0.3, -0.25) is 19.2 Å². The van der Waals surface area contributed by atoms with E-state index in [0.29, 0.717) is 6.07 Å². The molecular formula is C25H22F3N3O6S. The Morgan fingerprint density at radius 3 is 2.42 bits per heavy atom. The van der Waals surface area contributed by atoms with E-state index in [2.05, 4.69) is 15.6 Å². The average molecular weight is 550 g/mol. The van der Waals surface area contributed by atoms with Crippen LogP contribution in [0.5, 0.6) is 5.75 Å². The second-order valence-electron chi connectivity index (χ2n) is 8.11. The fourth-order valence-corrected chi connectivity index (χ4v) is 4.06. The predicted octanol–water partition coefficient (Wildman–Crippen LogP) is 3.26. The molecule has 1 heterocycles. The van der Waals surface area contributed by atoms with Crippen molar-refractivity contribution >= 4 is 34.9 Å². The monoisotopic (exact) mass is 549 g/mol. The summed E-state index contributed by atoms with van der Waals surface area (Å²) in [5.41, 5.74) is 0.451. The largest absolute Gasteiger partial charge is 0.482 e. The van der Waals surface area contributed by atoms with Crippen LogP contribution in [0, 0.1) is 24.4 Å². The van der Waals surface area contributed by atoms with Crippen LogP contribution < -0.4 is 15.4 Å². The van der Waals surface area contributed by atoms with Crippen LogP contribution in [0.1, 0.15) is 28.7 Å². The number of rotatable bonds is 11. The number of halogens is 3. The van der Waals surface area contributed by atoms with Gasteiger partial charge in [-0.15, -0.1) is 11.3 Å². The first-order valence-electron chi connectivity index (χ1n) is 11.1. The standard InChI is InChI=1S/C25H22F3N3O6S/c1-12-15(26)8-16(27)21(28)22(12)37-11-18(32)17(9-20(33)34)31-23(35)13(2)30-24(36)25-29-10-19(38-25)14-6-4-3-5-7-14/h3-8,10,13,17H,9,11H2,1-2H3,(H,30,36)(H,31,35)(H,33,34)/t13-,17-/m0/s1. The van der Waals surface area contributed by atoms with Crippen molar-refractivity contribution in [2.24, 2.45) is 0 Å². The van der Waals surface area contributed by atoms with Gasteiger partial charge in [-0.25, -0.2) is 13.8 Å². The molecule has 2 amide bonds. The minimum atomic E-state index is -1.63. The van der Waals surface area contributed by atoms with E-state index in [4.69, 9.17) is 9.84 Å². The summed E-state index contributed by atoms with van der Waals surface area (Å²) in [7, 11) is 0. The molecule has 0 radical (unpaired) electrons. The number of aliphatic carboxylic acids is 1. The number of ketones is 1. The molecule has 0 aliphatic rings. The van der Waals surface area contributed by atoms with E-state index in [1.54, 1.807) is 0 Å². The van der Waals surface area contributed by atoms with Gasteiger partial charge < -0.3 is 20.5 Å². The third-order valence-electron chi connectivity index (χ3n) is 5.30. The number of thiazole rings is 1. The summed E-state index contributed by atoms with van der Waals surface area (Å²) in [5, 5.41) is 13.8. The van der Waals surface area contributed by atoms with Gasteiger partial charge in [0.25, 0.3) is 5.91 Å². The Morgan fingerprint density at radius 2 is 1.76 bits per heavy atom. The number of benzene rings is 2. The zero-order chi connectivity index (χ0) is 28.0. The number of ether oxygens (including phenoxy) is 1. The molecule has 3 rings (SSSR count). The summed E-state index contributed by atoms with van der Waals surface area (Å²) < 4.78 is 46.1. The van der Waals surface area contributed by atoms with Gasteiger partial charge >= 0.3 is 5.97 Å². The lowest BCUT2D eigenvalue weighted by Crippen LogP contribution is -2.51. The highest BCUT2D eigenvalue weighted by molar-refractivity contribution is 7.17. The van der Waals surface area contributed by atoms with E-state index in [9.17, 15) is 32.3 Å². The maximum Gasteiger partial charge on any atom is 0.305 e. The molecule has 0 saturated carbocycles. The molecule has 13 heteroatoms. The number of hydrogen-bond donors (Lipinski definition) is 3. The summed E-state index contributed by atoms with van der Waals surface area (Å²) in [5.74, 6) is -9.03. The fraction of sp³-hybridized carbons (Fsp3) is 0.240. The zero-order valence-corrected chi connectivity index (χ0v) is 20.9. The van der Waals surface area contributed by atoms with E-state index in [0.717, 1.165) is 28.7 Å². The number of amides is 2. The van der Waals surface area contributed by atoms with Gasteiger partial charge in [-0.2, -0.15) is 4.39 Å². The lowest BCUT2D eigenvalue weighted by Gasteiger charge is -2.20. The van der Waals surface area contributed by atoms with Crippen molar-refractivity contribution in [3.8, 4) is 16.2 Å². The Labute approximate surface area is 218 Å². The van der Waals surface area contributed by atoms with Gasteiger partial charge in [0, 0.05) is 17.8 Å². The lowest BCUT2D eigenvalue weighted by atomic mass is 10.1. The van der Waals surface area contributed by atoms with Crippen LogP contribution in [-0.4, -0.2) is 52.3 Å². The predicted molar refractivity (Wildman–Crippen MR) is 130 cm³/mol. The van der Waals surface area contributed by atoms with Crippen molar-refractivity contribution in [3.63, 3.8) is 0 Å². The van der Waals surface area contributed by atoms with Gasteiger partial charge in [0.2, 0.25) is 11.7 Å². The maximum absolute atomic E-state index is 14.0. The van der Waals surface area contributed by atoms with E-state index >= 15 is 0 Å². The highest BCUT2D eigenvalue weighted by Crippen LogP contribution is 2.27. The van der Waals surface area contributed by atoms with Crippen molar-refractivity contribution in [1.82, 2.24) is 15.6 Å². The number of nitrogens with zero attached hydrogens (tertiary/aromatic N) is 1. The van der Waals surface area contributed by atoms with E-state index in [1.165, 1.54) is 13.1 Å². The number of carboxylic acid groups (broad SMARTS) is 1. The Bertz CT molecular complexity index is 1340. The van der Waals surface area contributed by atoms with E-state index in [-0.39, 0.29) is 5.01 Å². The molecule has 0 spiro atoms. The second kappa shape index (κ2) is 12.3. The lowest BCUT2D eigenvalue weighted by molar-refractivity contribution is -0.140. The summed E-state index contributed by atoms with van der Waals surface area (Å²) >= 11 is 1.10. The normalized spacial score (nSPS) is 12.3. The number of nitrogens with one attached hydrogen (secondary N) is 2. The summed E-state index contributed by atoms with van der Waals surface area (Å²) in [4.78, 5) is 53.8. The van der Waals surface area contributed by atoms with E-state index in [1.807, 2.05) is 30.3 Å². The fourth-order valence-electron chi connectivity index (χ4n) is 3.24. The van der Waals surface area contributed by atoms with Crippen LogP contribution in [0.4, 0.5) is 13.2 Å². The topological polar surface area (TPSA) is 135 Å². The van der Waals surface area contributed by atoms with Crippen molar-refractivity contribution in [3.05, 3.63) is 70.6 Å². The van der Waals surface area contributed by atoms with Crippen LogP contribution >= 0.6 is 11.3 Å². The number of carbonyl (C=O) groups is 4. The molecule has 2 aromatic carbocycles. The molecule has 9 nitrogen and oxygen atoms in total. The molecule has 3 N–H and O–H groups in total. The van der Waals surface area contributed by atoms with Gasteiger partial charge in [-0.1, -0.05) is 30.3 Å². The van der Waals surface area contributed by atoms with Crippen LogP contribution in [0.3, 0.4) is 0 Å². The van der Waals surface area contributed by atoms with Gasteiger partial charge in [-0.05, 0) is 19.4 Å². The molecular weight excluding hydrogens is 527 g/mol. The molecule has 38 heavy (non-hydrogen) atoms. The maximum atomic E-state index is 14.0. The minimum absolute atomic E-state index is 0.0785. The van der Waals surface area contributed by atoms with Crippen molar-refractivity contribution in [2.45, 2.75) is 32.4 Å². The minimum Gasteiger partial charge on any atom is -0.482 e. The van der Waals surface area contributed by atoms with Crippen molar-refractivity contribution in [2.75, 3.05) is 6.61 Å². The molecule has 0 bridgehead atoms. The van der Waals surface area contributed by atoms with E-state index < -0.39 is 77.4 Å². The number of carboxylic acids is 1. The molecule has 0 aliphatic heterocycles. The van der Waals surface area contributed by atoms with Gasteiger partial charge in [0.15, 0.2) is 22.4 Å². The quantitative estimate of drug-likeness (QED) is 0.313. The smallest absolute Gasteiger partial charge is 0.305 e. The Kier molecular flexibility index (Phi) is 9.18. The molecule has 0 unspecified atom stereocenters.